The molecule has 1 aliphatic rings. The minimum atomic E-state index is -1.16. The lowest BCUT2D eigenvalue weighted by Gasteiger charge is -2.15. The number of hydrogen-bond donors (Lipinski definition) is 4. The third-order valence-corrected chi connectivity index (χ3v) is 3.04. The van der Waals surface area contributed by atoms with Crippen molar-refractivity contribution in [2.45, 2.75) is 24.4 Å². The van der Waals surface area contributed by atoms with E-state index in [0.717, 1.165) is 0 Å². The summed E-state index contributed by atoms with van der Waals surface area (Å²) in [5.41, 5.74) is 6.00. The number of nitrogens with two attached hydrogens (primary N) is 1. The lowest BCUT2D eigenvalue weighted by atomic mass is 10.00. The first-order valence-electron chi connectivity index (χ1n) is 5.57. The van der Waals surface area contributed by atoms with Gasteiger partial charge in [-0.25, -0.2) is 0 Å². The van der Waals surface area contributed by atoms with Crippen molar-refractivity contribution in [2.75, 3.05) is 6.61 Å². The molecule has 1 saturated heterocycles. The Morgan fingerprint density at radius 2 is 2.06 bits per heavy atom. The molecule has 0 bridgehead atoms. The largest absolute Gasteiger partial charge is 0.394 e. The first-order valence-corrected chi connectivity index (χ1v) is 5.57. The Labute approximate surface area is 104 Å². The van der Waals surface area contributed by atoms with Crippen LogP contribution in [-0.4, -0.2) is 46.1 Å². The van der Waals surface area contributed by atoms with Crippen LogP contribution in [-0.2, 0) is 4.74 Å². The Kier molecular flexibility index (Phi) is 3.63. The number of primary amides is 1. The minimum absolute atomic E-state index is 0.297. The number of rotatable bonds is 3. The van der Waals surface area contributed by atoms with Crippen LogP contribution in [0.3, 0.4) is 0 Å². The van der Waals surface area contributed by atoms with Gasteiger partial charge < -0.3 is 25.8 Å². The van der Waals surface area contributed by atoms with Gasteiger partial charge in [-0.3, -0.25) is 4.79 Å². The summed E-state index contributed by atoms with van der Waals surface area (Å²) in [6.45, 7) is -0.385. The fourth-order valence-corrected chi connectivity index (χ4v) is 2.04. The molecule has 1 aliphatic heterocycles. The molecule has 0 radical (unpaired) electrons. The topological polar surface area (TPSA) is 113 Å². The van der Waals surface area contributed by atoms with Crippen molar-refractivity contribution in [3.63, 3.8) is 0 Å². The van der Waals surface area contributed by atoms with E-state index in [1.54, 1.807) is 18.2 Å². The quantitative estimate of drug-likeness (QED) is 0.548. The van der Waals surface area contributed by atoms with Crippen LogP contribution < -0.4 is 5.73 Å². The fraction of sp³-hybridized carbons (Fsp3) is 0.417. The zero-order valence-corrected chi connectivity index (χ0v) is 9.56. The van der Waals surface area contributed by atoms with Crippen molar-refractivity contribution < 1.29 is 24.9 Å². The lowest BCUT2D eigenvalue weighted by molar-refractivity contribution is -0.0227. The molecule has 6 nitrogen and oxygen atoms in total. The van der Waals surface area contributed by atoms with Gasteiger partial charge in [-0.15, -0.1) is 0 Å². The van der Waals surface area contributed by atoms with E-state index in [1.165, 1.54) is 6.07 Å². The van der Waals surface area contributed by atoms with Crippen LogP contribution in [0, 0.1) is 0 Å². The van der Waals surface area contributed by atoms with E-state index in [2.05, 4.69) is 0 Å². The summed E-state index contributed by atoms with van der Waals surface area (Å²) in [5, 5.41) is 28.5. The molecule has 18 heavy (non-hydrogen) atoms. The standard InChI is InChI=1S/C12H15NO5/c13-12(17)7-3-1-2-6(4-7)11-10(16)9(15)8(5-14)18-11/h1-4,8-11,14-16H,5H2,(H2,13,17)/t8-,9?,10+,11+/m1/s1. The van der Waals surface area contributed by atoms with Crippen LogP contribution >= 0.6 is 0 Å². The van der Waals surface area contributed by atoms with Crippen molar-refractivity contribution >= 4 is 5.91 Å². The molecule has 1 heterocycles. The number of aliphatic hydroxyl groups is 3. The van der Waals surface area contributed by atoms with E-state index >= 15 is 0 Å². The Morgan fingerprint density at radius 1 is 1.33 bits per heavy atom. The molecule has 1 unspecified atom stereocenters. The maximum Gasteiger partial charge on any atom is 0.248 e. The van der Waals surface area contributed by atoms with Crippen molar-refractivity contribution in [1.82, 2.24) is 0 Å². The monoisotopic (exact) mass is 253 g/mol. The summed E-state index contributed by atoms with van der Waals surface area (Å²) in [5.74, 6) is -0.580. The molecule has 0 saturated carbocycles. The van der Waals surface area contributed by atoms with Crippen LogP contribution in [0.15, 0.2) is 24.3 Å². The van der Waals surface area contributed by atoms with Gasteiger partial charge in [0, 0.05) is 5.56 Å². The number of ether oxygens (including phenoxy) is 1. The summed E-state index contributed by atoms with van der Waals surface area (Å²) in [6.07, 6.45) is -3.92. The molecule has 1 aromatic carbocycles. The van der Waals surface area contributed by atoms with Gasteiger partial charge in [0.05, 0.1) is 6.61 Å². The highest BCUT2D eigenvalue weighted by Gasteiger charge is 2.42. The number of amides is 1. The molecule has 1 aromatic rings. The predicted molar refractivity (Wildman–Crippen MR) is 61.7 cm³/mol. The van der Waals surface area contributed by atoms with Gasteiger partial charge in [0.15, 0.2) is 0 Å². The van der Waals surface area contributed by atoms with Crippen molar-refractivity contribution in [1.29, 1.82) is 0 Å². The van der Waals surface area contributed by atoms with Gasteiger partial charge >= 0.3 is 0 Å². The Hall–Kier alpha value is -1.47. The van der Waals surface area contributed by atoms with E-state index in [1.807, 2.05) is 0 Å². The number of carbonyl (C=O) groups is 1. The van der Waals surface area contributed by atoms with Crippen LogP contribution in [0.25, 0.3) is 0 Å². The van der Waals surface area contributed by atoms with Gasteiger partial charge in [0.2, 0.25) is 5.91 Å². The van der Waals surface area contributed by atoms with Crippen LogP contribution in [0.5, 0.6) is 0 Å². The zero-order chi connectivity index (χ0) is 13.3. The Bertz CT molecular complexity index is 450. The maximum atomic E-state index is 11.1. The van der Waals surface area contributed by atoms with Gasteiger partial charge in [0.1, 0.15) is 24.4 Å². The van der Waals surface area contributed by atoms with Crippen LogP contribution in [0.4, 0.5) is 0 Å². The Balaban J connectivity index is 2.27. The summed E-state index contributed by atoms with van der Waals surface area (Å²) in [7, 11) is 0. The summed E-state index contributed by atoms with van der Waals surface area (Å²) in [4.78, 5) is 11.1. The lowest BCUT2D eigenvalue weighted by Crippen LogP contribution is -2.32. The molecule has 4 atom stereocenters. The van der Waals surface area contributed by atoms with E-state index in [9.17, 15) is 15.0 Å². The third kappa shape index (κ3) is 2.23. The summed E-state index contributed by atoms with van der Waals surface area (Å²) < 4.78 is 5.35. The molecule has 2 rings (SSSR count). The maximum absolute atomic E-state index is 11.1. The van der Waals surface area contributed by atoms with Crippen molar-refractivity contribution in [3.8, 4) is 0 Å². The highest BCUT2D eigenvalue weighted by Crippen LogP contribution is 2.33. The first kappa shape index (κ1) is 13.0. The Morgan fingerprint density at radius 3 is 2.61 bits per heavy atom. The third-order valence-electron chi connectivity index (χ3n) is 3.04. The highest BCUT2D eigenvalue weighted by atomic mass is 16.6. The van der Waals surface area contributed by atoms with E-state index in [0.29, 0.717) is 11.1 Å². The van der Waals surface area contributed by atoms with Crippen molar-refractivity contribution in [2.24, 2.45) is 5.73 Å². The van der Waals surface area contributed by atoms with Crippen LogP contribution in [0.1, 0.15) is 22.0 Å². The minimum Gasteiger partial charge on any atom is -0.394 e. The second-order valence-electron chi connectivity index (χ2n) is 4.25. The van der Waals surface area contributed by atoms with Gasteiger partial charge in [-0.05, 0) is 17.7 Å². The first-order chi connectivity index (χ1) is 8.54. The molecule has 0 spiro atoms. The zero-order valence-electron chi connectivity index (χ0n) is 9.56. The molecule has 1 amide bonds. The SMILES string of the molecule is NC(=O)c1cccc([C@@H]2O[C@H](CO)C(O)[C@@H]2O)c1. The average molecular weight is 253 g/mol. The van der Waals surface area contributed by atoms with Gasteiger partial charge in [-0.1, -0.05) is 12.1 Å². The normalized spacial score (nSPS) is 31.5. The molecule has 6 heteroatoms. The molecule has 1 fully saturated rings. The number of hydrogen-bond acceptors (Lipinski definition) is 5. The molecular weight excluding hydrogens is 238 g/mol. The summed E-state index contributed by atoms with van der Waals surface area (Å²) in [6, 6.07) is 6.33. The predicted octanol–water partition coefficient (Wildman–Crippen LogP) is -1.06. The molecule has 98 valence electrons. The highest BCUT2D eigenvalue weighted by molar-refractivity contribution is 5.92. The molecule has 0 aliphatic carbocycles. The second-order valence-corrected chi connectivity index (χ2v) is 4.25. The second kappa shape index (κ2) is 5.03. The fourth-order valence-electron chi connectivity index (χ4n) is 2.04. The number of carbonyl (C=O) groups excluding carboxylic acids is 1. The van der Waals surface area contributed by atoms with Gasteiger partial charge in [0.25, 0.3) is 0 Å². The number of benzene rings is 1. The number of aliphatic hydroxyl groups excluding tert-OH is 3. The van der Waals surface area contributed by atoms with E-state index in [4.69, 9.17) is 15.6 Å². The van der Waals surface area contributed by atoms with E-state index in [-0.39, 0.29) is 6.61 Å². The van der Waals surface area contributed by atoms with E-state index < -0.39 is 30.3 Å². The van der Waals surface area contributed by atoms with Crippen molar-refractivity contribution in [3.05, 3.63) is 35.4 Å². The summed E-state index contributed by atoms with van der Waals surface area (Å²) >= 11 is 0. The molecule has 0 aromatic heterocycles. The van der Waals surface area contributed by atoms with Gasteiger partial charge in [-0.2, -0.15) is 0 Å². The molecule has 5 N–H and O–H groups in total. The van der Waals surface area contributed by atoms with Crippen LogP contribution in [0.2, 0.25) is 0 Å². The average Bonchev–Trinajstić information content (AvgIpc) is 2.66. The molecular formula is C12H15NO5. The smallest absolute Gasteiger partial charge is 0.248 e.